The van der Waals surface area contributed by atoms with Crippen molar-refractivity contribution in [1.29, 1.82) is 0 Å². The molecule has 0 aliphatic heterocycles. The zero-order valence-corrected chi connectivity index (χ0v) is 12.5. The highest BCUT2D eigenvalue weighted by molar-refractivity contribution is 7.92. The molecule has 8 heteroatoms. The van der Waals surface area contributed by atoms with E-state index in [9.17, 15) is 13.2 Å². The van der Waals surface area contributed by atoms with Gasteiger partial charge in [0.25, 0.3) is 10.0 Å². The maximum absolute atomic E-state index is 12.2. The van der Waals surface area contributed by atoms with Gasteiger partial charge in [0, 0.05) is 24.4 Å². The fraction of sp³-hybridized carbons (Fsp3) is 0.231. The van der Waals surface area contributed by atoms with Crippen LogP contribution in [-0.4, -0.2) is 24.5 Å². The number of carbonyl (C=O) groups excluding carboxylic acids is 1. The number of hydrogen-bond acceptors (Lipinski definition) is 4. The Morgan fingerprint density at radius 2 is 1.95 bits per heavy atom. The molecule has 2 rings (SSSR count). The van der Waals surface area contributed by atoms with Crippen molar-refractivity contribution in [2.75, 3.05) is 10.0 Å². The zero-order chi connectivity index (χ0) is 15.5. The average Bonchev–Trinajstić information content (AvgIpc) is 2.85. The van der Waals surface area contributed by atoms with E-state index in [0.717, 1.165) is 12.1 Å². The number of H-pyrrole nitrogens is 1. The minimum atomic E-state index is -3.70. The van der Waals surface area contributed by atoms with Gasteiger partial charge in [-0.15, -0.1) is 0 Å². The van der Waals surface area contributed by atoms with Crippen LogP contribution in [0.4, 0.5) is 11.5 Å². The molecule has 1 amide bonds. The van der Waals surface area contributed by atoms with Crippen LogP contribution < -0.4 is 10.0 Å². The largest absolute Gasteiger partial charge is 0.326 e. The summed E-state index contributed by atoms with van der Waals surface area (Å²) in [6, 6.07) is 7.53. The van der Waals surface area contributed by atoms with Gasteiger partial charge in [-0.05, 0) is 30.7 Å². The van der Waals surface area contributed by atoms with Gasteiger partial charge in [-0.2, -0.15) is 5.10 Å². The zero-order valence-electron chi connectivity index (χ0n) is 11.7. The quantitative estimate of drug-likeness (QED) is 0.782. The molecule has 7 nitrogen and oxygen atoms in total. The van der Waals surface area contributed by atoms with Crippen molar-refractivity contribution < 1.29 is 13.2 Å². The van der Waals surface area contributed by atoms with Crippen LogP contribution in [0.25, 0.3) is 0 Å². The maximum atomic E-state index is 12.2. The van der Waals surface area contributed by atoms with E-state index in [-0.39, 0.29) is 16.6 Å². The molecule has 112 valence electrons. The Hall–Kier alpha value is -2.35. The first-order chi connectivity index (χ1) is 9.90. The first-order valence-corrected chi connectivity index (χ1v) is 7.84. The molecule has 1 aromatic carbocycles. The summed E-state index contributed by atoms with van der Waals surface area (Å²) in [4.78, 5) is 11.0. The average molecular weight is 308 g/mol. The van der Waals surface area contributed by atoms with E-state index in [1.807, 2.05) is 6.92 Å². The number of amides is 1. The van der Waals surface area contributed by atoms with Gasteiger partial charge in [-0.3, -0.25) is 14.6 Å². The van der Waals surface area contributed by atoms with Gasteiger partial charge in [0.2, 0.25) is 5.91 Å². The lowest BCUT2D eigenvalue weighted by molar-refractivity contribution is -0.114. The Morgan fingerprint density at radius 3 is 2.48 bits per heavy atom. The van der Waals surface area contributed by atoms with Crippen molar-refractivity contribution in [3.05, 3.63) is 36.0 Å². The first-order valence-electron chi connectivity index (χ1n) is 6.35. The molecular formula is C13H16N4O3S. The Morgan fingerprint density at radius 1 is 1.29 bits per heavy atom. The summed E-state index contributed by atoms with van der Waals surface area (Å²) in [6.07, 6.45) is 0.736. The van der Waals surface area contributed by atoms with E-state index in [1.54, 1.807) is 6.07 Å². The highest BCUT2D eigenvalue weighted by Crippen LogP contribution is 2.17. The lowest BCUT2D eigenvalue weighted by Crippen LogP contribution is -2.13. The molecule has 1 heterocycles. The van der Waals surface area contributed by atoms with Crippen LogP contribution in [0.3, 0.4) is 0 Å². The van der Waals surface area contributed by atoms with Gasteiger partial charge in [-0.1, -0.05) is 6.92 Å². The van der Waals surface area contributed by atoms with E-state index < -0.39 is 10.0 Å². The van der Waals surface area contributed by atoms with E-state index in [4.69, 9.17) is 0 Å². The van der Waals surface area contributed by atoms with Gasteiger partial charge >= 0.3 is 0 Å². The molecule has 2 aromatic rings. The SMILES string of the molecule is CCc1cc(NS(=O)(=O)c2ccc(NC(C)=O)cc2)n[nH]1. The molecule has 0 atom stereocenters. The normalized spacial score (nSPS) is 11.1. The molecule has 0 aliphatic rings. The Kier molecular flexibility index (Phi) is 4.27. The third-order valence-electron chi connectivity index (χ3n) is 2.74. The number of anilines is 2. The number of rotatable bonds is 5. The fourth-order valence-corrected chi connectivity index (χ4v) is 2.70. The minimum Gasteiger partial charge on any atom is -0.326 e. The van der Waals surface area contributed by atoms with Crippen molar-refractivity contribution in [2.45, 2.75) is 25.2 Å². The lowest BCUT2D eigenvalue weighted by atomic mass is 10.3. The van der Waals surface area contributed by atoms with Crippen molar-refractivity contribution in [1.82, 2.24) is 10.2 Å². The van der Waals surface area contributed by atoms with E-state index >= 15 is 0 Å². The van der Waals surface area contributed by atoms with Gasteiger partial charge in [0.15, 0.2) is 5.82 Å². The summed E-state index contributed by atoms with van der Waals surface area (Å²) in [5, 5.41) is 9.19. The van der Waals surface area contributed by atoms with Crippen molar-refractivity contribution in [2.24, 2.45) is 0 Å². The molecule has 0 spiro atoms. The number of aryl methyl sites for hydroxylation is 1. The van der Waals surface area contributed by atoms with Crippen molar-refractivity contribution >= 4 is 27.4 Å². The van der Waals surface area contributed by atoms with Crippen molar-refractivity contribution in [3.8, 4) is 0 Å². The summed E-state index contributed by atoms with van der Waals surface area (Å²) in [5.74, 6) is 0.0325. The number of aromatic amines is 1. The smallest absolute Gasteiger partial charge is 0.263 e. The molecule has 0 bridgehead atoms. The summed E-state index contributed by atoms with van der Waals surface area (Å²) in [7, 11) is -3.70. The van der Waals surface area contributed by atoms with E-state index in [2.05, 4.69) is 20.2 Å². The predicted molar refractivity (Wildman–Crippen MR) is 79.5 cm³/mol. The Labute approximate surface area is 122 Å². The van der Waals surface area contributed by atoms with Gasteiger partial charge < -0.3 is 5.32 Å². The summed E-state index contributed by atoms with van der Waals surface area (Å²) < 4.78 is 26.8. The Bertz CT molecular complexity index is 735. The Balaban J connectivity index is 2.17. The van der Waals surface area contributed by atoms with Crippen LogP contribution in [-0.2, 0) is 21.2 Å². The number of aromatic nitrogens is 2. The molecule has 3 N–H and O–H groups in total. The molecule has 0 saturated carbocycles. The number of sulfonamides is 1. The topological polar surface area (TPSA) is 104 Å². The second-order valence-electron chi connectivity index (χ2n) is 4.44. The van der Waals surface area contributed by atoms with E-state index in [0.29, 0.717) is 5.69 Å². The number of nitrogens with one attached hydrogen (secondary N) is 3. The third-order valence-corrected chi connectivity index (χ3v) is 4.11. The van der Waals surface area contributed by atoms with Gasteiger partial charge in [-0.25, -0.2) is 8.42 Å². The number of nitrogens with zero attached hydrogens (tertiary/aromatic N) is 1. The summed E-state index contributed by atoms with van der Waals surface area (Å²) in [6.45, 7) is 3.32. The summed E-state index contributed by atoms with van der Waals surface area (Å²) >= 11 is 0. The van der Waals surface area contributed by atoms with Gasteiger partial charge in [0.1, 0.15) is 0 Å². The highest BCUT2D eigenvalue weighted by atomic mass is 32.2. The minimum absolute atomic E-state index is 0.0950. The van der Waals surface area contributed by atoms with E-state index in [1.165, 1.54) is 31.2 Å². The lowest BCUT2D eigenvalue weighted by Gasteiger charge is -2.06. The predicted octanol–water partition coefficient (Wildman–Crippen LogP) is 1.73. The molecule has 0 aliphatic carbocycles. The standard InChI is InChI=1S/C13H16N4O3S/c1-3-10-8-13(16-15-10)17-21(19,20)12-6-4-11(5-7-12)14-9(2)18/h4-8H,3H2,1-2H3,(H,14,18)(H2,15,16,17). The first kappa shape index (κ1) is 15.0. The van der Waals surface area contributed by atoms with Crippen LogP contribution in [0.5, 0.6) is 0 Å². The number of benzene rings is 1. The molecule has 0 fully saturated rings. The number of carbonyl (C=O) groups is 1. The molecule has 0 unspecified atom stereocenters. The molecule has 1 aromatic heterocycles. The molecule has 21 heavy (non-hydrogen) atoms. The second-order valence-corrected chi connectivity index (χ2v) is 6.13. The van der Waals surface area contributed by atoms with Crippen LogP contribution in [0.2, 0.25) is 0 Å². The monoisotopic (exact) mass is 308 g/mol. The highest BCUT2D eigenvalue weighted by Gasteiger charge is 2.15. The van der Waals surface area contributed by atoms with Crippen LogP contribution in [0.1, 0.15) is 19.5 Å². The summed E-state index contributed by atoms with van der Waals surface area (Å²) in [5.41, 5.74) is 1.38. The van der Waals surface area contributed by atoms with Crippen LogP contribution >= 0.6 is 0 Å². The molecular weight excluding hydrogens is 292 g/mol. The number of hydrogen-bond donors (Lipinski definition) is 3. The fourth-order valence-electron chi connectivity index (χ4n) is 1.71. The second kappa shape index (κ2) is 5.96. The van der Waals surface area contributed by atoms with Crippen LogP contribution in [0.15, 0.2) is 35.2 Å². The van der Waals surface area contributed by atoms with Gasteiger partial charge in [0.05, 0.1) is 4.90 Å². The molecule has 0 saturated heterocycles. The maximum Gasteiger partial charge on any atom is 0.263 e. The van der Waals surface area contributed by atoms with Crippen LogP contribution in [0, 0.1) is 0 Å². The molecule has 0 radical (unpaired) electrons. The third kappa shape index (κ3) is 3.82. The van der Waals surface area contributed by atoms with Crippen molar-refractivity contribution in [3.63, 3.8) is 0 Å².